The summed E-state index contributed by atoms with van der Waals surface area (Å²) >= 11 is 5.90. The summed E-state index contributed by atoms with van der Waals surface area (Å²) in [6, 6.07) is 3.04. The number of nitrogens with one attached hydrogen (secondary N) is 1. The minimum absolute atomic E-state index is 0.267. The highest BCUT2D eigenvalue weighted by atomic mass is 35.5. The van der Waals surface area contributed by atoms with Gasteiger partial charge in [-0.2, -0.15) is 5.48 Å². The maximum Gasteiger partial charge on any atom is 0.129 e. The molecule has 0 radical (unpaired) electrons. The Labute approximate surface area is 81.6 Å². The Balaban J connectivity index is 2.96. The summed E-state index contributed by atoms with van der Waals surface area (Å²) < 4.78 is 13.2. The van der Waals surface area contributed by atoms with Gasteiger partial charge in [-0.05, 0) is 18.6 Å². The summed E-state index contributed by atoms with van der Waals surface area (Å²) in [6.07, 6.45) is 0. The zero-order valence-corrected chi connectivity index (χ0v) is 8.28. The molecule has 0 saturated carbocycles. The van der Waals surface area contributed by atoms with Gasteiger partial charge in [0.1, 0.15) is 5.82 Å². The molecule has 72 valence electrons. The molecule has 0 saturated heterocycles. The number of rotatable bonds is 3. The molecule has 0 aliphatic rings. The molecule has 0 heterocycles. The molecule has 1 aromatic carbocycles. The molecule has 0 bridgehead atoms. The van der Waals surface area contributed by atoms with Crippen molar-refractivity contribution in [3.8, 4) is 0 Å². The Kier molecular flexibility index (Phi) is 3.66. The van der Waals surface area contributed by atoms with Crippen molar-refractivity contribution in [3.05, 3.63) is 34.1 Å². The fourth-order valence-corrected chi connectivity index (χ4v) is 1.24. The Bertz CT molecular complexity index is 304. The third-order valence-electron chi connectivity index (χ3n) is 1.77. The van der Waals surface area contributed by atoms with Gasteiger partial charge in [0, 0.05) is 5.56 Å². The van der Waals surface area contributed by atoms with E-state index in [9.17, 15) is 4.39 Å². The fraction of sp³-hybridized carbons (Fsp3) is 0.333. The molecule has 13 heavy (non-hydrogen) atoms. The standard InChI is InChI=1S/C9H11ClFNO/c1-6-3-4-8(11)7(9(6)10)5-12-13-2/h3-4,12H,5H2,1-2H3. The van der Waals surface area contributed by atoms with E-state index in [1.807, 2.05) is 6.92 Å². The molecule has 0 spiro atoms. The van der Waals surface area contributed by atoms with Crippen LogP contribution in [0.25, 0.3) is 0 Å². The van der Waals surface area contributed by atoms with E-state index in [2.05, 4.69) is 10.3 Å². The van der Waals surface area contributed by atoms with Crippen LogP contribution in [0.15, 0.2) is 12.1 Å². The second-order valence-electron chi connectivity index (χ2n) is 2.68. The van der Waals surface area contributed by atoms with E-state index in [1.54, 1.807) is 6.07 Å². The van der Waals surface area contributed by atoms with E-state index in [0.717, 1.165) is 5.56 Å². The molecule has 0 atom stereocenters. The Morgan fingerprint density at radius 2 is 2.23 bits per heavy atom. The number of hydrogen-bond donors (Lipinski definition) is 1. The molecule has 1 N–H and O–H groups in total. The quantitative estimate of drug-likeness (QED) is 0.762. The second kappa shape index (κ2) is 4.56. The normalized spacial score (nSPS) is 10.5. The Morgan fingerprint density at radius 1 is 1.54 bits per heavy atom. The summed E-state index contributed by atoms with van der Waals surface area (Å²) in [7, 11) is 1.47. The summed E-state index contributed by atoms with van der Waals surface area (Å²) in [5, 5.41) is 0.449. The molecule has 4 heteroatoms. The van der Waals surface area contributed by atoms with Crippen LogP contribution in [0.2, 0.25) is 5.02 Å². The fourth-order valence-electron chi connectivity index (χ4n) is 1.02. The molecule has 0 unspecified atom stereocenters. The lowest BCUT2D eigenvalue weighted by atomic mass is 10.1. The monoisotopic (exact) mass is 203 g/mol. The van der Waals surface area contributed by atoms with Crippen LogP contribution in [-0.2, 0) is 11.4 Å². The highest BCUT2D eigenvalue weighted by molar-refractivity contribution is 6.32. The van der Waals surface area contributed by atoms with Crippen molar-refractivity contribution in [2.45, 2.75) is 13.5 Å². The molecule has 2 nitrogen and oxygen atoms in total. The first-order chi connectivity index (χ1) is 6.16. The van der Waals surface area contributed by atoms with Crippen molar-refractivity contribution >= 4 is 11.6 Å². The predicted octanol–water partition coefficient (Wildman–Crippen LogP) is 2.44. The van der Waals surface area contributed by atoms with Gasteiger partial charge in [0.15, 0.2) is 0 Å². The van der Waals surface area contributed by atoms with Crippen LogP contribution in [0, 0.1) is 12.7 Å². The van der Waals surface area contributed by atoms with E-state index < -0.39 is 0 Å². The van der Waals surface area contributed by atoms with Crippen molar-refractivity contribution in [2.24, 2.45) is 0 Å². The summed E-state index contributed by atoms with van der Waals surface area (Å²) in [6.45, 7) is 2.10. The lowest BCUT2D eigenvalue weighted by molar-refractivity contribution is 0.0859. The highest BCUT2D eigenvalue weighted by Gasteiger charge is 2.08. The van der Waals surface area contributed by atoms with Crippen LogP contribution in [0.3, 0.4) is 0 Å². The number of benzene rings is 1. The molecule has 0 amide bonds. The van der Waals surface area contributed by atoms with E-state index in [0.29, 0.717) is 10.6 Å². The Morgan fingerprint density at radius 3 is 2.85 bits per heavy atom. The second-order valence-corrected chi connectivity index (χ2v) is 3.06. The van der Waals surface area contributed by atoms with Gasteiger partial charge in [-0.25, -0.2) is 4.39 Å². The van der Waals surface area contributed by atoms with Crippen molar-refractivity contribution in [1.29, 1.82) is 0 Å². The van der Waals surface area contributed by atoms with E-state index in [1.165, 1.54) is 13.2 Å². The van der Waals surface area contributed by atoms with Crippen molar-refractivity contribution in [1.82, 2.24) is 5.48 Å². The van der Waals surface area contributed by atoms with Crippen LogP contribution < -0.4 is 5.48 Å². The lowest BCUT2D eigenvalue weighted by Crippen LogP contribution is -2.12. The topological polar surface area (TPSA) is 21.3 Å². The predicted molar refractivity (Wildman–Crippen MR) is 50.0 cm³/mol. The van der Waals surface area contributed by atoms with E-state index in [-0.39, 0.29) is 12.4 Å². The van der Waals surface area contributed by atoms with Gasteiger partial charge in [0.2, 0.25) is 0 Å². The molecule has 1 rings (SSSR count). The number of halogens is 2. The van der Waals surface area contributed by atoms with E-state index in [4.69, 9.17) is 11.6 Å². The maximum absolute atomic E-state index is 13.2. The molecule has 1 aromatic rings. The van der Waals surface area contributed by atoms with Crippen LogP contribution >= 0.6 is 11.6 Å². The first kappa shape index (κ1) is 10.4. The van der Waals surface area contributed by atoms with Gasteiger partial charge in [-0.1, -0.05) is 17.7 Å². The van der Waals surface area contributed by atoms with Crippen LogP contribution in [0.4, 0.5) is 4.39 Å². The molecular weight excluding hydrogens is 193 g/mol. The summed E-state index contributed by atoms with van der Waals surface area (Å²) in [5.74, 6) is -0.319. The maximum atomic E-state index is 13.2. The first-order valence-electron chi connectivity index (χ1n) is 3.86. The SMILES string of the molecule is CONCc1c(F)ccc(C)c1Cl. The number of hydrogen-bond acceptors (Lipinski definition) is 2. The van der Waals surface area contributed by atoms with Gasteiger partial charge >= 0.3 is 0 Å². The average molecular weight is 204 g/mol. The highest BCUT2D eigenvalue weighted by Crippen LogP contribution is 2.22. The summed E-state index contributed by atoms with van der Waals surface area (Å²) in [4.78, 5) is 4.62. The zero-order chi connectivity index (χ0) is 9.84. The lowest BCUT2D eigenvalue weighted by Gasteiger charge is -2.08. The third-order valence-corrected chi connectivity index (χ3v) is 2.30. The van der Waals surface area contributed by atoms with Gasteiger partial charge in [-0.3, -0.25) is 0 Å². The molecular formula is C9H11ClFNO. The number of aryl methyl sites for hydroxylation is 1. The largest absolute Gasteiger partial charge is 0.305 e. The van der Waals surface area contributed by atoms with Gasteiger partial charge < -0.3 is 4.84 Å². The van der Waals surface area contributed by atoms with Gasteiger partial charge in [-0.15, -0.1) is 0 Å². The smallest absolute Gasteiger partial charge is 0.129 e. The zero-order valence-electron chi connectivity index (χ0n) is 7.53. The molecule has 0 aliphatic heterocycles. The minimum Gasteiger partial charge on any atom is -0.305 e. The first-order valence-corrected chi connectivity index (χ1v) is 4.24. The van der Waals surface area contributed by atoms with Crippen LogP contribution in [-0.4, -0.2) is 7.11 Å². The number of hydroxylamine groups is 1. The van der Waals surface area contributed by atoms with Gasteiger partial charge in [0.25, 0.3) is 0 Å². The molecule has 0 aliphatic carbocycles. The van der Waals surface area contributed by atoms with Crippen molar-refractivity contribution in [3.63, 3.8) is 0 Å². The Hall–Kier alpha value is -0.640. The van der Waals surface area contributed by atoms with Crippen LogP contribution in [0.5, 0.6) is 0 Å². The average Bonchev–Trinajstić information content (AvgIpc) is 2.12. The van der Waals surface area contributed by atoms with Crippen molar-refractivity contribution < 1.29 is 9.23 Å². The molecule has 0 fully saturated rings. The third kappa shape index (κ3) is 2.40. The van der Waals surface area contributed by atoms with Crippen LogP contribution in [0.1, 0.15) is 11.1 Å². The molecule has 0 aromatic heterocycles. The minimum atomic E-state index is -0.319. The van der Waals surface area contributed by atoms with Gasteiger partial charge in [0.05, 0.1) is 18.7 Å². The van der Waals surface area contributed by atoms with Crippen molar-refractivity contribution in [2.75, 3.05) is 7.11 Å². The summed E-state index contributed by atoms with van der Waals surface area (Å²) in [5.41, 5.74) is 3.84. The van der Waals surface area contributed by atoms with E-state index >= 15 is 0 Å².